The van der Waals surface area contributed by atoms with Gasteiger partial charge in [-0.15, -0.1) is 0 Å². The first-order chi connectivity index (χ1) is 9.16. The lowest BCUT2D eigenvalue weighted by molar-refractivity contribution is 0.0697. The monoisotopic (exact) mass is 256 g/mol. The number of aromatic carboxylic acids is 1. The number of imidazole rings is 1. The summed E-state index contributed by atoms with van der Waals surface area (Å²) in [6, 6.07) is 8.57. The molecule has 1 atom stereocenters. The molecule has 0 fully saturated rings. The molecule has 2 heterocycles. The van der Waals surface area contributed by atoms with E-state index >= 15 is 0 Å². The summed E-state index contributed by atoms with van der Waals surface area (Å²) in [7, 11) is 0. The van der Waals surface area contributed by atoms with Crippen LogP contribution < -0.4 is 0 Å². The van der Waals surface area contributed by atoms with Crippen molar-refractivity contribution in [2.24, 2.45) is 0 Å². The van der Waals surface area contributed by atoms with Crippen molar-refractivity contribution in [3.8, 4) is 0 Å². The molecule has 1 N–H and O–H groups in total. The van der Waals surface area contributed by atoms with Crippen LogP contribution in [0.3, 0.4) is 0 Å². The summed E-state index contributed by atoms with van der Waals surface area (Å²) in [5.74, 6) is -0.139. The number of aromatic nitrogens is 2. The third-order valence-corrected chi connectivity index (χ3v) is 3.19. The molecule has 96 valence electrons. The van der Waals surface area contributed by atoms with E-state index in [2.05, 4.69) is 4.98 Å². The molecule has 0 saturated heterocycles. The number of benzene rings is 1. The van der Waals surface area contributed by atoms with E-state index in [1.54, 1.807) is 30.8 Å². The van der Waals surface area contributed by atoms with Crippen LogP contribution in [0.25, 0.3) is 11.0 Å². The molecule has 3 rings (SSSR count). The van der Waals surface area contributed by atoms with Crippen molar-refractivity contribution in [1.29, 1.82) is 0 Å². The van der Waals surface area contributed by atoms with Gasteiger partial charge in [0.1, 0.15) is 5.76 Å². The molecule has 0 bridgehead atoms. The first kappa shape index (κ1) is 11.5. The number of nitrogens with zero attached hydrogens (tertiary/aromatic N) is 2. The van der Waals surface area contributed by atoms with Gasteiger partial charge in [-0.2, -0.15) is 0 Å². The molecule has 0 saturated carbocycles. The number of carboxylic acid groups (broad SMARTS) is 1. The van der Waals surface area contributed by atoms with E-state index in [4.69, 9.17) is 9.52 Å². The first-order valence-electron chi connectivity index (χ1n) is 5.90. The zero-order valence-electron chi connectivity index (χ0n) is 10.3. The summed E-state index contributed by atoms with van der Waals surface area (Å²) in [6.45, 7) is 1.98. The van der Waals surface area contributed by atoms with Gasteiger partial charge in [0.2, 0.25) is 0 Å². The number of furan rings is 1. The number of carboxylic acids is 1. The fraction of sp³-hybridized carbons (Fsp3) is 0.143. The number of hydrogen-bond acceptors (Lipinski definition) is 3. The van der Waals surface area contributed by atoms with Crippen LogP contribution in [0, 0.1) is 0 Å². The van der Waals surface area contributed by atoms with Crippen molar-refractivity contribution in [3.05, 3.63) is 54.2 Å². The summed E-state index contributed by atoms with van der Waals surface area (Å²) in [4.78, 5) is 15.3. The van der Waals surface area contributed by atoms with Crippen LogP contribution >= 0.6 is 0 Å². The third-order valence-electron chi connectivity index (χ3n) is 3.19. The summed E-state index contributed by atoms with van der Waals surface area (Å²) in [5.41, 5.74) is 1.80. The predicted molar refractivity (Wildman–Crippen MR) is 69.2 cm³/mol. The Morgan fingerprint density at radius 2 is 2.26 bits per heavy atom. The van der Waals surface area contributed by atoms with Gasteiger partial charge in [0, 0.05) is 0 Å². The Bertz CT molecular complexity index is 728. The van der Waals surface area contributed by atoms with E-state index < -0.39 is 5.97 Å². The fourth-order valence-corrected chi connectivity index (χ4v) is 2.13. The molecule has 0 amide bonds. The van der Waals surface area contributed by atoms with E-state index in [0.29, 0.717) is 0 Å². The Balaban J connectivity index is 2.13. The van der Waals surface area contributed by atoms with Gasteiger partial charge < -0.3 is 14.1 Å². The highest BCUT2D eigenvalue weighted by molar-refractivity contribution is 5.92. The van der Waals surface area contributed by atoms with Crippen molar-refractivity contribution in [1.82, 2.24) is 9.55 Å². The fourth-order valence-electron chi connectivity index (χ4n) is 2.13. The maximum Gasteiger partial charge on any atom is 0.335 e. The van der Waals surface area contributed by atoms with E-state index in [1.807, 2.05) is 23.6 Å². The number of rotatable bonds is 3. The molecule has 2 aromatic heterocycles. The minimum Gasteiger partial charge on any atom is -0.478 e. The molecule has 19 heavy (non-hydrogen) atoms. The lowest BCUT2D eigenvalue weighted by Crippen LogP contribution is -2.05. The highest BCUT2D eigenvalue weighted by Crippen LogP contribution is 2.24. The maximum absolute atomic E-state index is 11.0. The molecule has 1 unspecified atom stereocenters. The van der Waals surface area contributed by atoms with Crippen molar-refractivity contribution < 1.29 is 14.3 Å². The molecule has 0 aliphatic carbocycles. The molecular formula is C14H12N2O3. The van der Waals surface area contributed by atoms with E-state index in [9.17, 15) is 4.79 Å². The SMILES string of the molecule is CC(c1ccco1)n1cnc2ccc(C(=O)O)cc21. The van der Waals surface area contributed by atoms with E-state index in [1.165, 1.54) is 0 Å². The topological polar surface area (TPSA) is 68.3 Å². The van der Waals surface area contributed by atoms with Crippen molar-refractivity contribution in [3.63, 3.8) is 0 Å². The van der Waals surface area contributed by atoms with Gasteiger partial charge in [0.15, 0.2) is 0 Å². The van der Waals surface area contributed by atoms with Crippen LogP contribution in [0.2, 0.25) is 0 Å². The molecule has 5 nitrogen and oxygen atoms in total. The average molecular weight is 256 g/mol. The van der Waals surface area contributed by atoms with Crippen molar-refractivity contribution >= 4 is 17.0 Å². The summed E-state index contributed by atoms with van der Waals surface area (Å²) < 4.78 is 7.28. The van der Waals surface area contributed by atoms with Gasteiger partial charge >= 0.3 is 5.97 Å². The highest BCUT2D eigenvalue weighted by atomic mass is 16.4. The zero-order valence-corrected chi connectivity index (χ0v) is 10.3. The predicted octanol–water partition coefficient (Wildman–Crippen LogP) is 2.94. The van der Waals surface area contributed by atoms with Crippen LogP contribution in [0.5, 0.6) is 0 Å². The molecule has 1 aromatic carbocycles. The molecule has 0 aliphatic heterocycles. The molecule has 0 spiro atoms. The molecule has 3 aromatic rings. The number of hydrogen-bond donors (Lipinski definition) is 1. The summed E-state index contributed by atoms with van der Waals surface area (Å²) in [5, 5.41) is 9.05. The summed E-state index contributed by atoms with van der Waals surface area (Å²) >= 11 is 0. The minimum atomic E-state index is -0.944. The second kappa shape index (κ2) is 4.28. The zero-order chi connectivity index (χ0) is 13.4. The van der Waals surface area contributed by atoms with Gasteiger partial charge in [0.25, 0.3) is 0 Å². The lowest BCUT2D eigenvalue weighted by Gasteiger charge is -2.11. The Kier molecular flexibility index (Phi) is 2.59. The van der Waals surface area contributed by atoms with Crippen LogP contribution in [0.15, 0.2) is 47.3 Å². The Morgan fingerprint density at radius 1 is 1.42 bits per heavy atom. The highest BCUT2D eigenvalue weighted by Gasteiger charge is 2.15. The van der Waals surface area contributed by atoms with Gasteiger partial charge in [-0.05, 0) is 37.3 Å². The molecular weight excluding hydrogens is 244 g/mol. The molecule has 0 aliphatic rings. The smallest absolute Gasteiger partial charge is 0.335 e. The van der Waals surface area contributed by atoms with Crippen LogP contribution in [-0.2, 0) is 0 Å². The van der Waals surface area contributed by atoms with Crippen LogP contribution in [-0.4, -0.2) is 20.6 Å². The van der Waals surface area contributed by atoms with Crippen LogP contribution in [0.1, 0.15) is 29.1 Å². The van der Waals surface area contributed by atoms with E-state index in [-0.39, 0.29) is 11.6 Å². The maximum atomic E-state index is 11.0. The minimum absolute atomic E-state index is 0.0379. The number of fused-ring (bicyclic) bond motifs is 1. The Hall–Kier alpha value is -2.56. The standard InChI is InChI=1S/C14H12N2O3/c1-9(13-3-2-6-19-13)16-8-15-11-5-4-10(14(17)18)7-12(11)16/h2-9H,1H3,(H,17,18). The van der Waals surface area contributed by atoms with Gasteiger partial charge in [-0.1, -0.05) is 0 Å². The first-order valence-corrected chi connectivity index (χ1v) is 5.90. The normalized spacial score (nSPS) is 12.7. The quantitative estimate of drug-likeness (QED) is 0.782. The Labute approximate surface area is 109 Å². The largest absolute Gasteiger partial charge is 0.478 e. The number of carbonyl (C=O) groups is 1. The molecule has 5 heteroatoms. The van der Waals surface area contributed by atoms with Gasteiger partial charge in [0.05, 0.1) is 35.2 Å². The van der Waals surface area contributed by atoms with E-state index in [0.717, 1.165) is 16.8 Å². The average Bonchev–Trinajstić information content (AvgIpc) is 3.06. The second-order valence-corrected chi connectivity index (χ2v) is 4.35. The van der Waals surface area contributed by atoms with Crippen molar-refractivity contribution in [2.75, 3.05) is 0 Å². The Morgan fingerprint density at radius 3 is 2.95 bits per heavy atom. The van der Waals surface area contributed by atoms with Crippen LogP contribution in [0.4, 0.5) is 0 Å². The van der Waals surface area contributed by atoms with Crippen molar-refractivity contribution in [2.45, 2.75) is 13.0 Å². The third kappa shape index (κ3) is 1.89. The molecule has 0 radical (unpaired) electrons. The van der Waals surface area contributed by atoms with Gasteiger partial charge in [-0.25, -0.2) is 9.78 Å². The summed E-state index contributed by atoms with van der Waals surface area (Å²) in [6.07, 6.45) is 3.32. The lowest BCUT2D eigenvalue weighted by atomic mass is 10.2. The second-order valence-electron chi connectivity index (χ2n) is 4.35. The van der Waals surface area contributed by atoms with Gasteiger partial charge in [-0.3, -0.25) is 0 Å².